The number of thiophene rings is 1. The van der Waals surface area contributed by atoms with Crippen molar-refractivity contribution in [2.24, 2.45) is 9.98 Å². The number of hydrogen-bond donors (Lipinski definition) is 1. The van der Waals surface area contributed by atoms with Gasteiger partial charge in [0.1, 0.15) is 6.04 Å². The molecule has 36 heavy (non-hydrogen) atoms. The van der Waals surface area contributed by atoms with Gasteiger partial charge < -0.3 is 10.2 Å². The minimum Gasteiger partial charge on any atom is -0.337 e. The predicted molar refractivity (Wildman–Crippen MR) is 148 cm³/mol. The maximum absolute atomic E-state index is 5.26. The molecule has 0 aliphatic carbocycles. The highest BCUT2D eigenvalue weighted by Crippen LogP contribution is 2.49. The highest BCUT2D eigenvalue weighted by Gasteiger charge is 2.41. The lowest BCUT2D eigenvalue weighted by Gasteiger charge is -2.40. The topological polar surface area (TPSA) is 57.8 Å². The molecule has 174 valence electrons. The van der Waals surface area contributed by atoms with Crippen molar-refractivity contribution in [3.63, 3.8) is 0 Å². The molecule has 5 aromatic rings. The lowest BCUT2D eigenvalue weighted by atomic mass is 9.98. The van der Waals surface area contributed by atoms with E-state index < -0.39 is 0 Å². The fourth-order valence-electron chi connectivity index (χ4n) is 4.92. The Kier molecular flexibility index (Phi) is 4.82. The summed E-state index contributed by atoms with van der Waals surface area (Å²) in [6.45, 7) is 2.08. The molecule has 1 atom stereocenters. The van der Waals surface area contributed by atoms with Gasteiger partial charge in [0.15, 0.2) is 17.5 Å². The van der Waals surface area contributed by atoms with Crippen LogP contribution in [0.15, 0.2) is 112 Å². The van der Waals surface area contributed by atoms with Crippen molar-refractivity contribution >= 4 is 45.9 Å². The van der Waals surface area contributed by atoms with E-state index in [1.807, 2.05) is 59.3 Å². The van der Waals surface area contributed by atoms with Crippen LogP contribution in [0.3, 0.4) is 0 Å². The molecule has 7 heteroatoms. The Balaban J connectivity index is 1.50. The smallest absolute Gasteiger partial charge is 0.179 e. The molecule has 0 amide bonds. The van der Waals surface area contributed by atoms with Gasteiger partial charge in [0, 0.05) is 16.1 Å². The molecule has 3 aromatic carbocycles. The number of nitrogens with one attached hydrogen (secondary N) is 1. The molecule has 0 fully saturated rings. The fraction of sp³-hybridized carbons (Fsp3) is 0.0690. The molecule has 1 N–H and O–H groups in total. The minimum atomic E-state index is -0.0748. The van der Waals surface area contributed by atoms with E-state index >= 15 is 0 Å². The summed E-state index contributed by atoms with van der Waals surface area (Å²) in [5.74, 6) is 2.33. The molecule has 1 unspecified atom stereocenters. The van der Waals surface area contributed by atoms with Crippen LogP contribution in [0.2, 0.25) is 0 Å². The first-order valence-corrected chi connectivity index (χ1v) is 12.7. The molecule has 2 aliphatic rings. The van der Waals surface area contributed by atoms with Gasteiger partial charge in [0.05, 0.1) is 22.8 Å². The van der Waals surface area contributed by atoms with E-state index in [-0.39, 0.29) is 6.04 Å². The van der Waals surface area contributed by atoms with Gasteiger partial charge in [-0.2, -0.15) is 5.10 Å². The molecule has 0 saturated carbocycles. The van der Waals surface area contributed by atoms with Crippen LogP contribution in [-0.2, 0) is 0 Å². The molecule has 0 radical (unpaired) electrons. The first-order valence-electron chi connectivity index (χ1n) is 11.8. The number of amidine groups is 2. The molecular weight excluding hydrogens is 464 g/mol. The number of rotatable bonds is 3. The van der Waals surface area contributed by atoms with E-state index in [2.05, 4.69) is 65.0 Å². The number of nitrogens with zero attached hydrogens (tertiary/aromatic N) is 5. The van der Waals surface area contributed by atoms with Crippen LogP contribution in [0.4, 0.5) is 22.9 Å². The van der Waals surface area contributed by atoms with Crippen molar-refractivity contribution in [3.8, 4) is 5.69 Å². The molecule has 6 nitrogen and oxygen atoms in total. The van der Waals surface area contributed by atoms with Gasteiger partial charge in [-0.05, 0) is 54.8 Å². The molecular formula is C29H22N6S. The number of hydrogen-bond acceptors (Lipinski definition) is 6. The lowest BCUT2D eigenvalue weighted by Crippen LogP contribution is -2.46. The summed E-state index contributed by atoms with van der Waals surface area (Å²) in [7, 11) is 0. The third-order valence-corrected chi connectivity index (χ3v) is 7.41. The highest BCUT2D eigenvalue weighted by molar-refractivity contribution is 7.10. The zero-order valence-electron chi connectivity index (χ0n) is 19.5. The number of benzene rings is 3. The Labute approximate surface area is 212 Å². The summed E-state index contributed by atoms with van der Waals surface area (Å²) in [5, 5.41) is 10.6. The third-order valence-electron chi connectivity index (χ3n) is 6.49. The van der Waals surface area contributed by atoms with Gasteiger partial charge in [-0.25, -0.2) is 14.7 Å². The van der Waals surface area contributed by atoms with Crippen LogP contribution < -0.4 is 10.2 Å². The molecule has 0 saturated heterocycles. The van der Waals surface area contributed by atoms with Crippen molar-refractivity contribution in [2.75, 3.05) is 10.2 Å². The van der Waals surface area contributed by atoms with Crippen LogP contribution in [0.25, 0.3) is 5.69 Å². The van der Waals surface area contributed by atoms with E-state index in [1.54, 1.807) is 11.3 Å². The van der Waals surface area contributed by atoms with E-state index in [1.165, 1.54) is 4.88 Å². The number of aryl methyl sites for hydroxylation is 1. The van der Waals surface area contributed by atoms with Crippen molar-refractivity contribution in [1.29, 1.82) is 0 Å². The second-order valence-electron chi connectivity index (χ2n) is 8.73. The van der Waals surface area contributed by atoms with E-state index in [9.17, 15) is 0 Å². The van der Waals surface area contributed by atoms with Crippen molar-refractivity contribution in [3.05, 3.63) is 119 Å². The van der Waals surface area contributed by atoms with Gasteiger partial charge >= 0.3 is 0 Å². The van der Waals surface area contributed by atoms with E-state index in [0.29, 0.717) is 5.84 Å². The predicted octanol–water partition coefficient (Wildman–Crippen LogP) is 7.04. The fourth-order valence-corrected chi connectivity index (χ4v) is 5.74. The molecule has 7 rings (SSSR count). The number of aliphatic imine (C=N–C) groups is 2. The first-order chi connectivity index (χ1) is 17.8. The zero-order valence-corrected chi connectivity index (χ0v) is 20.4. The molecule has 4 heterocycles. The molecule has 2 aromatic heterocycles. The maximum Gasteiger partial charge on any atom is 0.179 e. The summed E-state index contributed by atoms with van der Waals surface area (Å²) in [4.78, 5) is 13.8. The van der Waals surface area contributed by atoms with Gasteiger partial charge in [-0.1, -0.05) is 54.6 Å². The summed E-state index contributed by atoms with van der Waals surface area (Å²) < 4.78 is 1.95. The molecule has 0 spiro atoms. The second kappa shape index (κ2) is 8.32. The summed E-state index contributed by atoms with van der Waals surface area (Å²) in [5.41, 5.74) is 5.96. The summed E-state index contributed by atoms with van der Waals surface area (Å²) >= 11 is 1.75. The lowest BCUT2D eigenvalue weighted by molar-refractivity contribution is 0.830. The highest BCUT2D eigenvalue weighted by atomic mass is 32.1. The van der Waals surface area contributed by atoms with Crippen LogP contribution in [-0.4, -0.2) is 21.5 Å². The quantitative estimate of drug-likeness (QED) is 0.298. The average Bonchev–Trinajstić information content (AvgIpc) is 3.57. The Morgan fingerprint density at radius 3 is 2.33 bits per heavy atom. The zero-order chi connectivity index (χ0) is 24.1. The van der Waals surface area contributed by atoms with Crippen LogP contribution >= 0.6 is 11.3 Å². The number of anilines is 2. The van der Waals surface area contributed by atoms with Gasteiger partial charge in [0.2, 0.25) is 0 Å². The molecule has 2 aliphatic heterocycles. The minimum absolute atomic E-state index is 0.0748. The van der Waals surface area contributed by atoms with Gasteiger partial charge in [-0.15, -0.1) is 11.3 Å². The Morgan fingerprint density at radius 1 is 0.806 bits per heavy atom. The maximum atomic E-state index is 5.26. The standard InChI is InChI=1S/C29H22N6S/c1-19-25-26(24-17-10-18-36-24)34-23-16-9-8-15-22(23)31-27(30-20-11-4-2-5-12-20)29(34)32-28(25)35(33-19)21-13-6-3-7-14-21/h2-18,26H,1H3,(H,30,31). The van der Waals surface area contributed by atoms with Crippen LogP contribution in [0.1, 0.15) is 22.2 Å². The monoisotopic (exact) mass is 486 g/mol. The first kappa shape index (κ1) is 20.8. The Morgan fingerprint density at radius 2 is 1.56 bits per heavy atom. The van der Waals surface area contributed by atoms with Crippen LogP contribution in [0, 0.1) is 6.92 Å². The van der Waals surface area contributed by atoms with Gasteiger partial charge in [0.25, 0.3) is 0 Å². The van der Waals surface area contributed by atoms with Gasteiger partial charge in [-0.3, -0.25) is 0 Å². The largest absolute Gasteiger partial charge is 0.337 e. The SMILES string of the molecule is Cc1nn(-c2ccccc2)c2c1C(c1cccs1)N1C(=N2)C(Nc2ccccc2)=Nc2ccccc21. The Bertz CT molecular complexity index is 1620. The van der Waals surface area contributed by atoms with Crippen molar-refractivity contribution in [2.45, 2.75) is 13.0 Å². The van der Waals surface area contributed by atoms with E-state index in [0.717, 1.165) is 45.7 Å². The molecule has 0 bridgehead atoms. The third kappa shape index (κ3) is 3.28. The van der Waals surface area contributed by atoms with Crippen molar-refractivity contribution < 1.29 is 0 Å². The van der Waals surface area contributed by atoms with Crippen LogP contribution in [0.5, 0.6) is 0 Å². The normalized spacial score (nSPS) is 15.9. The number of aromatic nitrogens is 2. The summed E-state index contributed by atoms with van der Waals surface area (Å²) in [6, 6.07) is 32.8. The van der Waals surface area contributed by atoms with Crippen molar-refractivity contribution in [1.82, 2.24) is 9.78 Å². The average molecular weight is 487 g/mol. The number of para-hydroxylation sites is 4. The Hall–Kier alpha value is -4.49. The summed E-state index contributed by atoms with van der Waals surface area (Å²) in [6.07, 6.45) is 0. The number of fused-ring (bicyclic) bond motifs is 4. The van der Waals surface area contributed by atoms with E-state index in [4.69, 9.17) is 15.1 Å². The second-order valence-corrected chi connectivity index (χ2v) is 9.71.